The molecule has 0 saturated carbocycles. The molecule has 0 amide bonds. The highest BCUT2D eigenvalue weighted by Crippen LogP contribution is 2.30. The molecule has 1 aromatic rings. The lowest BCUT2D eigenvalue weighted by Crippen LogP contribution is -2.36. The van der Waals surface area contributed by atoms with Crippen molar-refractivity contribution in [3.63, 3.8) is 0 Å². The van der Waals surface area contributed by atoms with E-state index in [9.17, 15) is 0 Å². The molecule has 0 radical (unpaired) electrons. The first-order valence-electron chi connectivity index (χ1n) is 6.43. The molecule has 1 aromatic carbocycles. The van der Waals surface area contributed by atoms with Crippen molar-refractivity contribution in [3.05, 3.63) is 29.8 Å². The van der Waals surface area contributed by atoms with E-state index in [-0.39, 0.29) is 5.41 Å². The van der Waals surface area contributed by atoms with Crippen molar-refractivity contribution >= 4 is 18.3 Å². The van der Waals surface area contributed by atoms with Crippen LogP contribution in [0.25, 0.3) is 0 Å². The minimum absolute atomic E-state index is 0.251. The lowest BCUT2D eigenvalue weighted by molar-refractivity contribution is 0.314. The van der Waals surface area contributed by atoms with E-state index in [4.69, 9.17) is 5.26 Å². The fraction of sp³-hybridized carbons (Fsp3) is 0.533. The normalized spacial score (nSPS) is 11.1. The summed E-state index contributed by atoms with van der Waals surface area (Å²) in [6.07, 6.45) is 2.24. The van der Waals surface area contributed by atoms with E-state index in [0.717, 1.165) is 30.8 Å². The van der Waals surface area contributed by atoms with Gasteiger partial charge in [0.2, 0.25) is 0 Å². The van der Waals surface area contributed by atoms with Crippen LogP contribution in [0.3, 0.4) is 0 Å². The Balaban J connectivity index is 2.87. The Labute approximate surface area is 116 Å². The van der Waals surface area contributed by atoms with Crippen molar-refractivity contribution in [2.45, 2.75) is 26.7 Å². The molecule has 18 heavy (non-hydrogen) atoms. The number of nitrogens with zero attached hydrogens (tertiary/aromatic N) is 2. The fourth-order valence-electron chi connectivity index (χ4n) is 2.15. The van der Waals surface area contributed by atoms with Gasteiger partial charge in [0.05, 0.1) is 11.6 Å². The summed E-state index contributed by atoms with van der Waals surface area (Å²) in [6, 6.07) is 9.95. The molecule has 0 saturated heterocycles. The van der Waals surface area contributed by atoms with E-state index in [0.29, 0.717) is 5.56 Å². The first-order chi connectivity index (χ1) is 8.60. The van der Waals surface area contributed by atoms with Crippen LogP contribution in [0, 0.1) is 16.7 Å². The van der Waals surface area contributed by atoms with Gasteiger partial charge in [-0.2, -0.15) is 17.9 Å². The maximum absolute atomic E-state index is 8.93. The average Bonchev–Trinajstić information content (AvgIpc) is 2.44. The Morgan fingerprint density at radius 2 is 2.00 bits per heavy atom. The van der Waals surface area contributed by atoms with E-state index in [1.54, 1.807) is 0 Å². The molecule has 0 aliphatic heterocycles. The second-order valence-electron chi connectivity index (χ2n) is 4.88. The number of hydrogen-bond donors (Lipinski definition) is 1. The summed E-state index contributed by atoms with van der Waals surface area (Å²) in [5.74, 6) is 0.891. The number of rotatable bonds is 6. The monoisotopic (exact) mass is 262 g/mol. The zero-order chi connectivity index (χ0) is 13.6. The van der Waals surface area contributed by atoms with Gasteiger partial charge in [-0.25, -0.2) is 0 Å². The minimum Gasteiger partial charge on any atom is -0.374 e. The predicted molar refractivity (Wildman–Crippen MR) is 81.3 cm³/mol. The zero-order valence-electron chi connectivity index (χ0n) is 11.5. The van der Waals surface area contributed by atoms with Crippen LogP contribution in [0.2, 0.25) is 0 Å². The van der Waals surface area contributed by atoms with Crippen molar-refractivity contribution in [2.24, 2.45) is 5.41 Å². The van der Waals surface area contributed by atoms with E-state index in [1.165, 1.54) is 0 Å². The third-order valence-electron chi connectivity index (χ3n) is 3.82. The molecule has 0 atom stereocenters. The van der Waals surface area contributed by atoms with Gasteiger partial charge in [-0.1, -0.05) is 19.9 Å². The molecule has 1 rings (SSSR count). The van der Waals surface area contributed by atoms with E-state index >= 15 is 0 Å². The first-order valence-corrected chi connectivity index (χ1v) is 7.06. The fourth-order valence-corrected chi connectivity index (χ4v) is 2.70. The smallest absolute Gasteiger partial charge is 0.0992 e. The summed E-state index contributed by atoms with van der Waals surface area (Å²) >= 11 is 4.51. The summed E-state index contributed by atoms with van der Waals surface area (Å²) in [5.41, 5.74) is 2.06. The van der Waals surface area contributed by atoms with Crippen molar-refractivity contribution in [3.8, 4) is 6.07 Å². The predicted octanol–water partition coefficient (Wildman–Crippen LogP) is 3.73. The molecule has 0 heterocycles. The van der Waals surface area contributed by atoms with Gasteiger partial charge in [-0.05, 0) is 42.2 Å². The summed E-state index contributed by atoms with van der Waals surface area (Å²) in [6.45, 7) is 5.41. The molecule has 2 nitrogen and oxygen atoms in total. The lowest BCUT2D eigenvalue weighted by atomic mass is 9.84. The van der Waals surface area contributed by atoms with Gasteiger partial charge in [0.25, 0.3) is 0 Å². The Morgan fingerprint density at radius 3 is 2.50 bits per heavy atom. The topological polar surface area (TPSA) is 27.0 Å². The average molecular weight is 262 g/mol. The molecule has 0 fully saturated rings. The van der Waals surface area contributed by atoms with Crippen LogP contribution in [-0.2, 0) is 0 Å². The van der Waals surface area contributed by atoms with Gasteiger partial charge in [0, 0.05) is 19.3 Å². The third-order valence-corrected chi connectivity index (χ3v) is 4.49. The summed E-state index contributed by atoms with van der Waals surface area (Å²) in [5, 5.41) is 8.93. The SMILES string of the molecule is CCC(CC)(CS)CN(C)c1cccc(C#N)c1. The molecule has 3 heteroatoms. The highest BCUT2D eigenvalue weighted by Gasteiger charge is 2.26. The van der Waals surface area contributed by atoms with Gasteiger partial charge in [-0.3, -0.25) is 0 Å². The lowest BCUT2D eigenvalue weighted by Gasteiger charge is -2.35. The van der Waals surface area contributed by atoms with Crippen LogP contribution in [-0.4, -0.2) is 19.3 Å². The molecule has 0 N–H and O–H groups in total. The van der Waals surface area contributed by atoms with Gasteiger partial charge in [-0.15, -0.1) is 0 Å². The Kier molecular flexibility index (Phi) is 5.55. The Morgan fingerprint density at radius 1 is 1.33 bits per heavy atom. The summed E-state index contributed by atoms with van der Waals surface area (Å²) in [7, 11) is 2.08. The summed E-state index contributed by atoms with van der Waals surface area (Å²) < 4.78 is 0. The van der Waals surface area contributed by atoms with Crippen LogP contribution in [0.5, 0.6) is 0 Å². The maximum atomic E-state index is 8.93. The molecule has 0 aromatic heterocycles. The van der Waals surface area contributed by atoms with Gasteiger partial charge in [0.15, 0.2) is 0 Å². The third kappa shape index (κ3) is 3.43. The highest BCUT2D eigenvalue weighted by atomic mass is 32.1. The molecular formula is C15H22N2S. The minimum atomic E-state index is 0.251. The Hall–Kier alpha value is -1.14. The number of benzene rings is 1. The van der Waals surface area contributed by atoms with Gasteiger partial charge >= 0.3 is 0 Å². The molecular weight excluding hydrogens is 240 g/mol. The molecule has 0 unspecified atom stereocenters. The highest BCUT2D eigenvalue weighted by molar-refractivity contribution is 7.80. The Bertz CT molecular complexity index is 410. The quantitative estimate of drug-likeness (QED) is 0.791. The van der Waals surface area contributed by atoms with Crippen molar-refractivity contribution in [2.75, 3.05) is 24.2 Å². The van der Waals surface area contributed by atoms with Crippen LogP contribution in [0.1, 0.15) is 32.3 Å². The van der Waals surface area contributed by atoms with Crippen LogP contribution in [0.4, 0.5) is 5.69 Å². The summed E-state index contributed by atoms with van der Waals surface area (Å²) in [4.78, 5) is 2.23. The van der Waals surface area contributed by atoms with Crippen molar-refractivity contribution in [1.29, 1.82) is 5.26 Å². The van der Waals surface area contributed by atoms with Crippen LogP contribution in [0.15, 0.2) is 24.3 Å². The molecule has 0 spiro atoms. The van der Waals surface area contributed by atoms with Crippen molar-refractivity contribution < 1.29 is 0 Å². The number of hydrogen-bond acceptors (Lipinski definition) is 3. The molecule has 0 bridgehead atoms. The second-order valence-corrected chi connectivity index (χ2v) is 5.20. The zero-order valence-corrected chi connectivity index (χ0v) is 12.4. The van der Waals surface area contributed by atoms with Crippen LogP contribution >= 0.6 is 12.6 Å². The van der Waals surface area contributed by atoms with E-state index in [2.05, 4.69) is 50.6 Å². The number of thiol groups is 1. The number of anilines is 1. The van der Waals surface area contributed by atoms with Gasteiger partial charge < -0.3 is 4.90 Å². The van der Waals surface area contributed by atoms with E-state index in [1.807, 2.05) is 18.2 Å². The molecule has 0 aliphatic carbocycles. The molecule has 98 valence electrons. The standard InChI is InChI=1S/C15H22N2S/c1-4-15(5-2,12-18)11-17(3)14-8-6-7-13(9-14)10-16/h6-9,18H,4-5,11-12H2,1-3H3. The largest absolute Gasteiger partial charge is 0.374 e. The number of nitriles is 1. The first kappa shape index (κ1) is 14.9. The van der Waals surface area contributed by atoms with Gasteiger partial charge in [0.1, 0.15) is 0 Å². The van der Waals surface area contributed by atoms with Crippen LogP contribution < -0.4 is 4.90 Å². The molecule has 0 aliphatic rings. The van der Waals surface area contributed by atoms with Crippen molar-refractivity contribution in [1.82, 2.24) is 0 Å². The maximum Gasteiger partial charge on any atom is 0.0992 e. The second kappa shape index (κ2) is 6.70. The van der Waals surface area contributed by atoms with E-state index < -0.39 is 0 Å².